The normalized spacial score (nSPS) is 18.0. The molecule has 0 heterocycles. The number of hydrogen-bond donors (Lipinski definition) is 1. The minimum Gasteiger partial charge on any atom is -0.252 e. The minimum atomic E-state index is 1.18. The first kappa shape index (κ1) is 8.92. The van der Waals surface area contributed by atoms with Gasteiger partial charge in [-0.05, 0) is 0 Å². The summed E-state index contributed by atoms with van der Waals surface area (Å²) in [6, 6.07) is 0. The third-order valence-corrected chi connectivity index (χ3v) is 1.50. The summed E-state index contributed by atoms with van der Waals surface area (Å²) in [5.41, 5.74) is 0. The summed E-state index contributed by atoms with van der Waals surface area (Å²) in [6.45, 7) is 0. The van der Waals surface area contributed by atoms with Crippen LogP contribution in [0.4, 0.5) is 0 Å². The van der Waals surface area contributed by atoms with Crippen LogP contribution in [0.15, 0.2) is 0 Å². The smallest absolute Gasteiger partial charge is 0.0710 e. The summed E-state index contributed by atoms with van der Waals surface area (Å²) < 4.78 is 0. The maximum Gasteiger partial charge on any atom is 0.0710 e. The van der Waals surface area contributed by atoms with Gasteiger partial charge in [0.15, 0.2) is 0 Å². The maximum absolute atomic E-state index is 7.07. The Morgan fingerprint density at radius 3 is 1.11 bits per heavy atom. The van der Waals surface area contributed by atoms with Crippen molar-refractivity contribution in [1.82, 2.24) is 0 Å². The Morgan fingerprint density at radius 1 is 0.889 bits per heavy atom. The molecule has 1 fully saturated rings. The molecule has 2 heteroatoms. The number of hydrogen-bond acceptors (Lipinski definition) is 2. The van der Waals surface area contributed by atoms with Gasteiger partial charge >= 0.3 is 0 Å². The molecule has 0 aromatic heterocycles. The molecule has 0 aromatic carbocycles. The predicted molar refractivity (Wildman–Crippen MR) is 37.3 cm³/mol. The highest BCUT2D eigenvalue weighted by molar-refractivity contribution is 4.51. The fraction of sp³-hybridized carbons (Fsp3) is 1.00. The van der Waals surface area contributed by atoms with Crippen LogP contribution in [0.25, 0.3) is 0 Å². The van der Waals surface area contributed by atoms with Gasteiger partial charge in [-0.3, -0.25) is 5.26 Å². The van der Waals surface area contributed by atoms with Crippen LogP contribution >= 0.6 is 0 Å². The van der Waals surface area contributed by atoms with Crippen molar-refractivity contribution in [2.24, 2.45) is 0 Å². The first-order chi connectivity index (χ1) is 4.41. The van der Waals surface area contributed by atoms with E-state index in [9.17, 15) is 0 Å². The molecule has 1 rings (SSSR count). The van der Waals surface area contributed by atoms with E-state index in [1.54, 1.807) is 0 Å². The summed E-state index contributed by atoms with van der Waals surface area (Å²) in [7, 11) is 1.18. The van der Waals surface area contributed by atoms with Gasteiger partial charge in [-0.1, -0.05) is 38.5 Å². The van der Waals surface area contributed by atoms with Gasteiger partial charge in [0.2, 0.25) is 0 Å². The van der Waals surface area contributed by atoms with Gasteiger partial charge in [0.1, 0.15) is 0 Å². The van der Waals surface area contributed by atoms with Crippen LogP contribution in [0.5, 0.6) is 0 Å². The van der Waals surface area contributed by atoms with Crippen molar-refractivity contribution in [2.75, 3.05) is 7.11 Å². The fourth-order valence-corrected chi connectivity index (χ4v) is 1.06. The van der Waals surface area contributed by atoms with E-state index in [1.807, 2.05) is 0 Å². The zero-order valence-corrected chi connectivity index (χ0v) is 6.10. The van der Waals surface area contributed by atoms with Gasteiger partial charge in [-0.25, -0.2) is 4.89 Å². The van der Waals surface area contributed by atoms with E-state index in [-0.39, 0.29) is 0 Å². The molecule has 2 nitrogen and oxygen atoms in total. The molecule has 0 spiro atoms. The van der Waals surface area contributed by atoms with Crippen molar-refractivity contribution in [1.29, 1.82) is 0 Å². The molecule has 0 bridgehead atoms. The van der Waals surface area contributed by atoms with E-state index < -0.39 is 0 Å². The van der Waals surface area contributed by atoms with Gasteiger partial charge in [0.25, 0.3) is 0 Å². The average molecular weight is 132 g/mol. The molecule has 1 N–H and O–H groups in total. The highest BCUT2D eigenvalue weighted by atomic mass is 17.1. The molecule has 0 radical (unpaired) electrons. The second-order valence-corrected chi connectivity index (χ2v) is 2.30. The zero-order valence-electron chi connectivity index (χ0n) is 6.10. The SMILES string of the molecule is C1CCCCC1.COO. The first-order valence-corrected chi connectivity index (χ1v) is 3.59. The Morgan fingerprint density at radius 2 is 1.00 bits per heavy atom. The molecule has 56 valence electrons. The third kappa shape index (κ3) is 7.92. The van der Waals surface area contributed by atoms with Crippen LogP contribution in [0.3, 0.4) is 0 Å². The number of rotatable bonds is 0. The van der Waals surface area contributed by atoms with Crippen molar-refractivity contribution in [3.63, 3.8) is 0 Å². The standard InChI is InChI=1S/C6H12.CH4O2/c1-2-4-6-5-3-1;1-3-2/h1-6H2;2H,1H3. The lowest BCUT2D eigenvalue weighted by Gasteiger charge is -2.05. The predicted octanol–water partition coefficient (Wildman–Crippen LogP) is 2.45. The molecule has 0 atom stereocenters. The molecule has 9 heavy (non-hydrogen) atoms. The maximum atomic E-state index is 7.07. The summed E-state index contributed by atoms with van der Waals surface area (Å²) in [4.78, 5) is 3.25. The topological polar surface area (TPSA) is 29.5 Å². The lowest BCUT2D eigenvalue weighted by Crippen LogP contribution is -1.85. The monoisotopic (exact) mass is 132 g/mol. The Balaban J connectivity index is 0.000000187. The molecule has 0 aliphatic heterocycles. The Labute approximate surface area is 56.8 Å². The van der Waals surface area contributed by atoms with Crippen LogP contribution in [0.1, 0.15) is 38.5 Å². The highest BCUT2D eigenvalue weighted by Crippen LogP contribution is 2.15. The summed E-state index contributed by atoms with van der Waals surface area (Å²) in [6.07, 6.45) is 9.00. The quantitative estimate of drug-likeness (QED) is 0.405. The lowest BCUT2D eigenvalue weighted by atomic mass is 10.0. The largest absolute Gasteiger partial charge is 0.252 e. The van der Waals surface area contributed by atoms with Crippen LogP contribution in [0, 0.1) is 0 Å². The Hall–Kier alpha value is -0.0800. The van der Waals surface area contributed by atoms with Crippen molar-refractivity contribution in [2.45, 2.75) is 38.5 Å². The van der Waals surface area contributed by atoms with Crippen LogP contribution in [-0.4, -0.2) is 12.4 Å². The molecule has 1 saturated carbocycles. The van der Waals surface area contributed by atoms with Crippen LogP contribution in [0.2, 0.25) is 0 Å². The third-order valence-electron chi connectivity index (χ3n) is 1.50. The average Bonchev–Trinajstić information content (AvgIpc) is 1.93. The molecular formula is C7H16O2. The lowest BCUT2D eigenvalue weighted by molar-refractivity contribution is -0.214. The van der Waals surface area contributed by atoms with E-state index in [0.717, 1.165) is 0 Å². The molecule has 1 aliphatic rings. The Bertz CT molecular complexity index is 30.7. The van der Waals surface area contributed by atoms with Gasteiger partial charge < -0.3 is 0 Å². The minimum absolute atomic E-state index is 1.18. The second-order valence-electron chi connectivity index (χ2n) is 2.30. The van der Waals surface area contributed by atoms with Gasteiger partial charge in [-0.15, -0.1) is 0 Å². The molecule has 0 saturated heterocycles. The highest BCUT2D eigenvalue weighted by Gasteiger charge is 1.95. The molecule has 0 amide bonds. The second kappa shape index (κ2) is 7.92. The van der Waals surface area contributed by atoms with Gasteiger partial charge in [0.05, 0.1) is 7.11 Å². The van der Waals surface area contributed by atoms with Crippen molar-refractivity contribution >= 4 is 0 Å². The van der Waals surface area contributed by atoms with E-state index in [1.165, 1.54) is 45.6 Å². The van der Waals surface area contributed by atoms with Gasteiger partial charge in [0, 0.05) is 0 Å². The van der Waals surface area contributed by atoms with Crippen molar-refractivity contribution in [3.8, 4) is 0 Å². The van der Waals surface area contributed by atoms with E-state index in [4.69, 9.17) is 5.26 Å². The van der Waals surface area contributed by atoms with Crippen LogP contribution in [-0.2, 0) is 4.89 Å². The van der Waals surface area contributed by atoms with E-state index >= 15 is 0 Å². The molecule has 1 aliphatic carbocycles. The summed E-state index contributed by atoms with van der Waals surface area (Å²) >= 11 is 0. The first-order valence-electron chi connectivity index (χ1n) is 3.59. The summed E-state index contributed by atoms with van der Waals surface area (Å²) in [5.74, 6) is 0. The van der Waals surface area contributed by atoms with Crippen molar-refractivity contribution in [3.05, 3.63) is 0 Å². The molecule has 0 aromatic rings. The molecular weight excluding hydrogens is 116 g/mol. The van der Waals surface area contributed by atoms with E-state index in [0.29, 0.717) is 0 Å². The van der Waals surface area contributed by atoms with E-state index in [2.05, 4.69) is 4.89 Å². The fourth-order valence-electron chi connectivity index (χ4n) is 1.06. The van der Waals surface area contributed by atoms with Crippen LogP contribution < -0.4 is 0 Å². The van der Waals surface area contributed by atoms with Gasteiger partial charge in [-0.2, -0.15) is 0 Å². The zero-order chi connectivity index (χ0) is 6.95. The van der Waals surface area contributed by atoms with Crippen molar-refractivity contribution < 1.29 is 10.1 Å². The molecule has 0 unspecified atom stereocenters. The summed E-state index contributed by atoms with van der Waals surface area (Å²) in [5, 5.41) is 7.07. The Kier molecular flexibility index (Phi) is 7.85.